The number of H-pyrrole nitrogens is 1. The first kappa shape index (κ1) is 22.7. The number of carbonyl (C=O) groups excluding carboxylic acids is 1. The molecule has 6 rings (SSSR count). The molecule has 36 heavy (non-hydrogen) atoms. The molecule has 0 unspecified atom stereocenters. The lowest BCUT2D eigenvalue weighted by atomic mass is 9.90. The molecule has 3 heterocycles. The minimum atomic E-state index is 0.129. The van der Waals surface area contributed by atoms with Crippen molar-refractivity contribution in [3.05, 3.63) is 83.7 Å². The van der Waals surface area contributed by atoms with Gasteiger partial charge in [0.2, 0.25) is 0 Å². The standard InChI is InChI=1S/C30H32N4O2/c1-21-31-27-9-7-25(19-28(27)32-21)24-8-10-29-26(18-24)20-34(15-16-36-29)30(35)33-13-11-23(12-14-33)17-22-5-3-2-4-6-22/h2-10,18-19,23H,11-17,20H2,1H3,(H,31,32). The van der Waals surface area contributed by atoms with Crippen LogP contribution in [0.2, 0.25) is 0 Å². The van der Waals surface area contributed by atoms with Crippen LogP contribution in [-0.2, 0) is 13.0 Å². The monoisotopic (exact) mass is 480 g/mol. The van der Waals surface area contributed by atoms with Gasteiger partial charge in [0.1, 0.15) is 18.2 Å². The van der Waals surface area contributed by atoms with E-state index in [1.807, 2.05) is 28.9 Å². The number of hydrogen-bond acceptors (Lipinski definition) is 3. The van der Waals surface area contributed by atoms with E-state index in [0.717, 1.165) is 71.6 Å². The third-order valence-electron chi connectivity index (χ3n) is 7.50. The van der Waals surface area contributed by atoms with Crippen molar-refractivity contribution in [2.24, 2.45) is 5.92 Å². The van der Waals surface area contributed by atoms with Crippen LogP contribution in [0.5, 0.6) is 5.75 Å². The molecule has 6 heteroatoms. The van der Waals surface area contributed by atoms with E-state index in [2.05, 4.69) is 64.6 Å². The van der Waals surface area contributed by atoms with Gasteiger partial charge in [-0.3, -0.25) is 0 Å². The molecule has 6 nitrogen and oxygen atoms in total. The summed E-state index contributed by atoms with van der Waals surface area (Å²) in [6.07, 6.45) is 3.21. The van der Waals surface area contributed by atoms with E-state index >= 15 is 0 Å². The smallest absolute Gasteiger partial charge is 0.320 e. The third-order valence-corrected chi connectivity index (χ3v) is 7.50. The number of piperidine rings is 1. The number of hydrogen-bond donors (Lipinski definition) is 1. The van der Waals surface area contributed by atoms with Gasteiger partial charge in [-0.05, 0) is 73.1 Å². The fraction of sp³-hybridized carbons (Fsp3) is 0.333. The second-order valence-electron chi connectivity index (χ2n) is 10.0. The maximum atomic E-state index is 13.5. The van der Waals surface area contributed by atoms with Crippen LogP contribution in [0.15, 0.2) is 66.7 Å². The van der Waals surface area contributed by atoms with Crippen LogP contribution in [0.3, 0.4) is 0 Å². The highest BCUT2D eigenvalue weighted by Crippen LogP contribution is 2.31. The Morgan fingerprint density at radius 3 is 2.58 bits per heavy atom. The largest absolute Gasteiger partial charge is 0.491 e. The summed E-state index contributed by atoms with van der Waals surface area (Å²) in [4.78, 5) is 25.3. The highest BCUT2D eigenvalue weighted by atomic mass is 16.5. The van der Waals surface area contributed by atoms with Crippen molar-refractivity contribution in [1.82, 2.24) is 19.8 Å². The average Bonchev–Trinajstić information content (AvgIpc) is 3.15. The number of nitrogens with one attached hydrogen (secondary N) is 1. The van der Waals surface area contributed by atoms with Gasteiger partial charge in [0.25, 0.3) is 0 Å². The number of aromatic amines is 1. The van der Waals surface area contributed by atoms with Gasteiger partial charge < -0.3 is 19.5 Å². The van der Waals surface area contributed by atoms with E-state index in [-0.39, 0.29) is 6.03 Å². The number of rotatable bonds is 3. The van der Waals surface area contributed by atoms with E-state index in [4.69, 9.17) is 4.74 Å². The molecule has 0 aliphatic carbocycles. The first-order chi connectivity index (χ1) is 17.6. The van der Waals surface area contributed by atoms with E-state index in [0.29, 0.717) is 25.6 Å². The van der Waals surface area contributed by atoms with Crippen LogP contribution in [0, 0.1) is 12.8 Å². The molecule has 0 spiro atoms. The zero-order chi connectivity index (χ0) is 24.5. The lowest BCUT2D eigenvalue weighted by Crippen LogP contribution is -2.47. The van der Waals surface area contributed by atoms with Crippen LogP contribution < -0.4 is 4.74 Å². The zero-order valence-electron chi connectivity index (χ0n) is 20.7. The van der Waals surface area contributed by atoms with Gasteiger partial charge in [-0.25, -0.2) is 9.78 Å². The van der Waals surface area contributed by atoms with Crippen LogP contribution in [0.1, 0.15) is 29.8 Å². The quantitative estimate of drug-likeness (QED) is 0.403. The normalized spacial score (nSPS) is 16.5. The van der Waals surface area contributed by atoms with Crippen molar-refractivity contribution in [2.45, 2.75) is 32.7 Å². The number of ether oxygens (including phenoxy) is 1. The second-order valence-corrected chi connectivity index (χ2v) is 10.0. The Balaban J connectivity index is 1.14. The summed E-state index contributed by atoms with van der Waals surface area (Å²) in [5.74, 6) is 2.42. The molecule has 1 saturated heterocycles. The van der Waals surface area contributed by atoms with Gasteiger partial charge in [0.05, 0.1) is 24.1 Å². The lowest BCUT2D eigenvalue weighted by Gasteiger charge is -2.35. The molecule has 3 aromatic carbocycles. The SMILES string of the molecule is Cc1nc2ccc(-c3ccc4c(c3)CN(C(=O)N3CCC(Cc5ccccc5)CC3)CCO4)cc2[nH]1. The summed E-state index contributed by atoms with van der Waals surface area (Å²) in [5, 5.41) is 0. The fourth-order valence-electron chi connectivity index (χ4n) is 5.53. The maximum absolute atomic E-state index is 13.5. The molecule has 2 amide bonds. The van der Waals surface area contributed by atoms with Crippen molar-refractivity contribution in [1.29, 1.82) is 0 Å². The minimum absolute atomic E-state index is 0.129. The number of nitrogens with zero attached hydrogens (tertiary/aromatic N) is 3. The Morgan fingerprint density at radius 2 is 1.75 bits per heavy atom. The van der Waals surface area contributed by atoms with Gasteiger partial charge in [0, 0.05) is 18.7 Å². The summed E-state index contributed by atoms with van der Waals surface area (Å²) in [6.45, 7) is 5.30. The van der Waals surface area contributed by atoms with Gasteiger partial charge >= 0.3 is 6.03 Å². The summed E-state index contributed by atoms with van der Waals surface area (Å²) >= 11 is 0. The highest BCUT2D eigenvalue weighted by Gasteiger charge is 2.28. The predicted octanol–water partition coefficient (Wildman–Crippen LogP) is 5.81. The molecule has 0 bridgehead atoms. The predicted molar refractivity (Wildman–Crippen MR) is 142 cm³/mol. The number of fused-ring (bicyclic) bond motifs is 2. The van der Waals surface area contributed by atoms with Crippen LogP contribution in [0.25, 0.3) is 22.2 Å². The maximum Gasteiger partial charge on any atom is 0.320 e. The number of aromatic nitrogens is 2. The molecule has 2 aliphatic heterocycles. The van der Waals surface area contributed by atoms with Gasteiger partial charge in [-0.15, -0.1) is 0 Å². The van der Waals surface area contributed by atoms with Gasteiger partial charge in [-0.1, -0.05) is 42.5 Å². The number of aryl methyl sites for hydroxylation is 1. The molecular formula is C30H32N4O2. The summed E-state index contributed by atoms with van der Waals surface area (Å²) in [6, 6.07) is 23.4. The van der Waals surface area contributed by atoms with Crippen LogP contribution in [-0.4, -0.2) is 52.0 Å². The van der Waals surface area contributed by atoms with Crippen LogP contribution in [0.4, 0.5) is 4.79 Å². The number of benzene rings is 3. The number of imidazole rings is 1. The van der Waals surface area contributed by atoms with E-state index in [1.54, 1.807) is 0 Å². The Hall–Kier alpha value is -3.80. The average molecular weight is 481 g/mol. The van der Waals surface area contributed by atoms with Crippen molar-refractivity contribution in [3.8, 4) is 16.9 Å². The third kappa shape index (κ3) is 4.68. The van der Waals surface area contributed by atoms with Crippen molar-refractivity contribution in [3.63, 3.8) is 0 Å². The molecular weight excluding hydrogens is 448 g/mol. The highest BCUT2D eigenvalue weighted by molar-refractivity contribution is 5.82. The Bertz CT molecular complexity index is 1370. The van der Waals surface area contributed by atoms with Crippen molar-refractivity contribution < 1.29 is 9.53 Å². The molecule has 0 atom stereocenters. The number of amides is 2. The molecule has 4 aromatic rings. The van der Waals surface area contributed by atoms with Gasteiger partial charge in [-0.2, -0.15) is 0 Å². The molecule has 184 valence electrons. The van der Waals surface area contributed by atoms with E-state index in [1.165, 1.54) is 5.56 Å². The summed E-state index contributed by atoms with van der Waals surface area (Å²) in [5.41, 5.74) is 6.68. The molecule has 1 N–H and O–H groups in total. The van der Waals surface area contributed by atoms with Crippen molar-refractivity contribution in [2.75, 3.05) is 26.2 Å². The fourth-order valence-corrected chi connectivity index (χ4v) is 5.53. The zero-order valence-corrected chi connectivity index (χ0v) is 20.7. The number of carbonyl (C=O) groups is 1. The Morgan fingerprint density at radius 1 is 0.972 bits per heavy atom. The molecule has 2 aliphatic rings. The van der Waals surface area contributed by atoms with E-state index in [9.17, 15) is 4.79 Å². The molecule has 1 aromatic heterocycles. The Kier molecular flexibility index (Phi) is 6.09. The van der Waals surface area contributed by atoms with Crippen LogP contribution >= 0.6 is 0 Å². The first-order valence-electron chi connectivity index (χ1n) is 12.9. The number of likely N-dealkylation sites (tertiary alicyclic amines) is 1. The Labute approximate surface area is 211 Å². The lowest BCUT2D eigenvalue weighted by molar-refractivity contribution is 0.127. The summed E-state index contributed by atoms with van der Waals surface area (Å²) < 4.78 is 6.04. The van der Waals surface area contributed by atoms with Gasteiger partial charge in [0.15, 0.2) is 0 Å². The molecule has 0 saturated carbocycles. The van der Waals surface area contributed by atoms with E-state index < -0.39 is 0 Å². The molecule has 0 radical (unpaired) electrons. The number of urea groups is 1. The summed E-state index contributed by atoms with van der Waals surface area (Å²) in [7, 11) is 0. The first-order valence-corrected chi connectivity index (χ1v) is 12.9. The van der Waals surface area contributed by atoms with Crippen molar-refractivity contribution >= 4 is 17.1 Å². The molecule has 1 fully saturated rings. The minimum Gasteiger partial charge on any atom is -0.491 e. The topological polar surface area (TPSA) is 61.5 Å². The second kappa shape index (κ2) is 9.69.